The number of halogens is 1. The van der Waals surface area contributed by atoms with E-state index in [0.29, 0.717) is 30.4 Å². The van der Waals surface area contributed by atoms with E-state index in [0.717, 1.165) is 24.0 Å². The second-order valence-corrected chi connectivity index (χ2v) is 7.29. The van der Waals surface area contributed by atoms with Gasteiger partial charge in [-0.1, -0.05) is 35.0 Å². The van der Waals surface area contributed by atoms with Gasteiger partial charge in [0, 0.05) is 24.6 Å². The van der Waals surface area contributed by atoms with Gasteiger partial charge in [-0.05, 0) is 49.6 Å². The van der Waals surface area contributed by atoms with Crippen LogP contribution in [0, 0.1) is 12.7 Å². The van der Waals surface area contributed by atoms with Crippen LogP contribution in [0.3, 0.4) is 0 Å². The van der Waals surface area contributed by atoms with E-state index >= 15 is 0 Å². The van der Waals surface area contributed by atoms with E-state index < -0.39 is 0 Å². The lowest BCUT2D eigenvalue weighted by molar-refractivity contribution is -0.131. The molecule has 1 saturated heterocycles. The summed E-state index contributed by atoms with van der Waals surface area (Å²) in [5, 5.41) is 4.16. The molecule has 1 aliphatic rings. The lowest BCUT2D eigenvalue weighted by atomic mass is 9.95. The molecule has 0 unspecified atom stereocenters. The molecule has 6 heteroatoms. The lowest BCUT2D eigenvalue weighted by Crippen LogP contribution is -2.39. The van der Waals surface area contributed by atoms with Crippen LogP contribution in [0.5, 0.6) is 0 Å². The molecule has 5 nitrogen and oxygen atoms in total. The second kappa shape index (κ2) is 7.92. The third-order valence-corrected chi connectivity index (χ3v) is 5.16. The number of benzene rings is 2. The number of aromatic nitrogens is 2. The van der Waals surface area contributed by atoms with Crippen molar-refractivity contribution in [2.45, 2.75) is 32.1 Å². The van der Waals surface area contributed by atoms with Crippen LogP contribution in [-0.2, 0) is 11.2 Å². The molecule has 2 aromatic carbocycles. The Morgan fingerprint density at radius 1 is 1.18 bits per heavy atom. The number of carbonyl (C=O) groups excluding carboxylic acids is 1. The van der Waals surface area contributed by atoms with Gasteiger partial charge in [0.05, 0.1) is 6.42 Å². The molecule has 1 amide bonds. The van der Waals surface area contributed by atoms with Crippen molar-refractivity contribution >= 4 is 5.91 Å². The topological polar surface area (TPSA) is 59.2 Å². The molecule has 0 aliphatic carbocycles. The molecule has 3 aromatic rings. The lowest BCUT2D eigenvalue weighted by Gasteiger charge is -2.30. The molecular formula is C22H22FN3O2. The predicted octanol–water partition coefficient (Wildman–Crippen LogP) is 4.13. The summed E-state index contributed by atoms with van der Waals surface area (Å²) < 4.78 is 18.7. The molecule has 0 bridgehead atoms. The number of likely N-dealkylation sites (tertiary alicyclic amines) is 1. The molecule has 1 aromatic heterocycles. The summed E-state index contributed by atoms with van der Waals surface area (Å²) in [5.74, 6) is 1.13. The van der Waals surface area contributed by atoms with Crippen LogP contribution in [0.2, 0.25) is 0 Å². The molecule has 144 valence electrons. The van der Waals surface area contributed by atoms with Gasteiger partial charge in [0.25, 0.3) is 5.89 Å². The van der Waals surface area contributed by atoms with Gasteiger partial charge in [-0.15, -0.1) is 0 Å². The molecule has 0 atom stereocenters. The molecule has 0 N–H and O–H groups in total. The fourth-order valence-corrected chi connectivity index (χ4v) is 3.62. The van der Waals surface area contributed by atoms with Crippen molar-refractivity contribution in [1.29, 1.82) is 0 Å². The van der Waals surface area contributed by atoms with Gasteiger partial charge in [0.15, 0.2) is 5.82 Å². The number of rotatable bonds is 4. The average molecular weight is 379 g/mol. The normalized spacial score (nSPS) is 15.0. The van der Waals surface area contributed by atoms with Crippen molar-refractivity contribution in [3.63, 3.8) is 0 Å². The van der Waals surface area contributed by atoms with Crippen molar-refractivity contribution < 1.29 is 13.7 Å². The van der Waals surface area contributed by atoms with Crippen LogP contribution in [0.1, 0.15) is 35.7 Å². The molecule has 4 rings (SSSR count). The van der Waals surface area contributed by atoms with Crippen molar-refractivity contribution in [1.82, 2.24) is 15.0 Å². The Bertz CT molecular complexity index is 977. The third kappa shape index (κ3) is 4.11. The van der Waals surface area contributed by atoms with Gasteiger partial charge in [0.2, 0.25) is 5.91 Å². The molecule has 0 radical (unpaired) electrons. The van der Waals surface area contributed by atoms with Crippen LogP contribution in [0.4, 0.5) is 4.39 Å². The number of piperidine rings is 1. The van der Waals surface area contributed by atoms with Gasteiger partial charge in [0.1, 0.15) is 5.82 Å². The fraction of sp³-hybridized carbons (Fsp3) is 0.318. The molecule has 1 fully saturated rings. The Balaban J connectivity index is 1.36. The Morgan fingerprint density at radius 3 is 2.71 bits per heavy atom. The summed E-state index contributed by atoms with van der Waals surface area (Å²) in [6, 6.07) is 14.2. The highest BCUT2D eigenvalue weighted by molar-refractivity contribution is 5.78. The Hall–Kier alpha value is -3.02. The number of hydrogen-bond donors (Lipinski definition) is 0. The van der Waals surface area contributed by atoms with Crippen molar-refractivity contribution in [2.75, 3.05) is 13.1 Å². The van der Waals surface area contributed by atoms with E-state index in [2.05, 4.69) is 10.1 Å². The van der Waals surface area contributed by atoms with Crippen LogP contribution >= 0.6 is 0 Å². The zero-order chi connectivity index (χ0) is 19.5. The minimum absolute atomic E-state index is 0.0256. The smallest absolute Gasteiger partial charge is 0.257 e. The van der Waals surface area contributed by atoms with E-state index in [1.54, 1.807) is 12.1 Å². The zero-order valence-corrected chi connectivity index (χ0v) is 15.8. The van der Waals surface area contributed by atoms with E-state index in [-0.39, 0.29) is 24.1 Å². The first kappa shape index (κ1) is 18.3. The van der Waals surface area contributed by atoms with Crippen molar-refractivity contribution in [2.24, 2.45) is 0 Å². The highest BCUT2D eigenvalue weighted by Gasteiger charge is 2.27. The minimum atomic E-state index is -0.314. The largest absolute Gasteiger partial charge is 0.342 e. The Labute approximate surface area is 163 Å². The summed E-state index contributed by atoms with van der Waals surface area (Å²) in [6.07, 6.45) is 1.81. The van der Waals surface area contributed by atoms with Gasteiger partial charge in [-0.2, -0.15) is 4.98 Å². The molecular weight excluding hydrogens is 357 g/mol. The Morgan fingerprint density at radius 2 is 1.96 bits per heavy atom. The molecule has 2 heterocycles. The highest BCUT2D eigenvalue weighted by Crippen LogP contribution is 2.28. The number of aryl methyl sites for hydroxylation is 1. The number of amides is 1. The molecule has 1 aliphatic heterocycles. The quantitative estimate of drug-likeness (QED) is 0.684. The van der Waals surface area contributed by atoms with Crippen molar-refractivity contribution in [3.8, 4) is 11.5 Å². The predicted molar refractivity (Wildman–Crippen MR) is 103 cm³/mol. The molecule has 28 heavy (non-hydrogen) atoms. The van der Waals surface area contributed by atoms with Gasteiger partial charge in [-0.25, -0.2) is 4.39 Å². The van der Waals surface area contributed by atoms with E-state index in [1.807, 2.05) is 36.1 Å². The standard InChI is InChI=1S/C22H22FN3O2/c1-15-4-2-6-18(12-15)22-24-21(25-28-22)17-8-10-26(11-9-17)20(27)14-16-5-3-7-19(23)13-16/h2-7,12-13,17H,8-11,14H2,1H3. The summed E-state index contributed by atoms with van der Waals surface area (Å²) in [5.41, 5.74) is 2.76. The van der Waals surface area contributed by atoms with Crippen LogP contribution in [-0.4, -0.2) is 34.0 Å². The maximum Gasteiger partial charge on any atom is 0.257 e. The first-order valence-corrected chi connectivity index (χ1v) is 9.51. The summed E-state index contributed by atoms with van der Waals surface area (Å²) >= 11 is 0. The average Bonchev–Trinajstić information content (AvgIpc) is 3.18. The minimum Gasteiger partial charge on any atom is -0.342 e. The van der Waals surface area contributed by atoms with E-state index in [4.69, 9.17) is 4.52 Å². The fourth-order valence-electron chi connectivity index (χ4n) is 3.62. The maximum atomic E-state index is 13.3. The molecule has 0 spiro atoms. The van der Waals surface area contributed by atoms with E-state index in [9.17, 15) is 9.18 Å². The monoisotopic (exact) mass is 379 g/mol. The number of nitrogens with zero attached hydrogens (tertiary/aromatic N) is 3. The Kier molecular flexibility index (Phi) is 5.19. The first-order valence-electron chi connectivity index (χ1n) is 9.51. The van der Waals surface area contributed by atoms with Gasteiger partial charge in [-0.3, -0.25) is 4.79 Å². The maximum absolute atomic E-state index is 13.3. The second-order valence-electron chi connectivity index (χ2n) is 7.29. The summed E-state index contributed by atoms with van der Waals surface area (Å²) in [4.78, 5) is 18.9. The van der Waals surface area contributed by atoms with Crippen LogP contribution in [0.15, 0.2) is 53.1 Å². The van der Waals surface area contributed by atoms with Gasteiger partial charge >= 0.3 is 0 Å². The van der Waals surface area contributed by atoms with Crippen LogP contribution in [0.25, 0.3) is 11.5 Å². The third-order valence-electron chi connectivity index (χ3n) is 5.16. The van der Waals surface area contributed by atoms with Gasteiger partial charge < -0.3 is 9.42 Å². The van der Waals surface area contributed by atoms with Crippen molar-refractivity contribution in [3.05, 3.63) is 71.3 Å². The summed E-state index contributed by atoms with van der Waals surface area (Å²) in [7, 11) is 0. The molecule has 0 saturated carbocycles. The van der Waals surface area contributed by atoms with Crippen LogP contribution < -0.4 is 0 Å². The SMILES string of the molecule is Cc1cccc(-c2nc(C3CCN(C(=O)Cc4cccc(F)c4)CC3)no2)c1. The zero-order valence-electron chi connectivity index (χ0n) is 15.8. The number of carbonyl (C=O) groups is 1. The summed E-state index contributed by atoms with van der Waals surface area (Å²) in [6.45, 7) is 3.32. The number of hydrogen-bond acceptors (Lipinski definition) is 4. The van der Waals surface area contributed by atoms with E-state index in [1.165, 1.54) is 12.1 Å². The highest BCUT2D eigenvalue weighted by atomic mass is 19.1. The first-order chi connectivity index (χ1) is 13.6.